The maximum Gasteiger partial charge on any atom is 0.191 e. The van der Waals surface area contributed by atoms with Crippen LogP contribution < -0.4 is 10.6 Å². The molecule has 5 nitrogen and oxygen atoms in total. The van der Waals surface area contributed by atoms with Crippen molar-refractivity contribution in [2.24, 2.45) is 4.99 Å². The van der Waals surface area contributed by atoms with Gasteiger partial charge in [-0.25, -0.2) is 4.99 Å². The number of pyridine rings is 1. The summed E-state index contributed by atoms with van der Waals surface area (Å²) in [6, 6.07) is 5.80. The lowest BCUT2D eigenvalue weighted by atomic mass is 9.80. The van der Waals surface area contributed by atoms with E-state index in [1.54, 1.807) is 6.20 Å². The summed E-state index contributed by atoms with van der Waals surface area (Å²) in [5.41, 5.74) is 0.392. The molecule has 1 aliphatic carbocycles. The van der Waals surface area contributed by atoms with E-state index in [9.17, 15) is 5.11 Å². The summed E-state index contributed by atoms with van der Waals surface area (Å²) in [5, 5.41) is 16.4. The molecule has 2 rings (SSSR count). The molecule has 1 aromatic rings. The zero-order chi connectivity index (χ0) is 13.6. The van der Waals surface area contributed by atoms with Crippen LogP contribution in [0.3, 0.4) is 0 Å². The molecule has 0 spiro atoms. The van der Waals surface area contributed by atoms with Crippen molar-refractivity contribution < 1.29 is 5.11 Å². The molecule has 20 heavy (non-hydrogen) atoms. The zero-order valence-corrected chi connectivity index (χ0v) is 14.1. The average Bonchev–Trinajstić information content (AvgIpc) is 2.41. The van der Waals surface area contributed by atoms with Gasteiger partial charge in [0.2, 0.25) is 0 Å². The second-order valence-corrected chi connectivity index (χ2v) is 4.95. The molecule has 1 aliphatic rings. The number of aliphatic imine (C=N–C) groups is 1. The van der Waals surface area contributed by atoms with Crippen LogP contribution >= 0.6 is 24.0 Å². The van der Waals surface area contributed by atoms with E-state index in [1.807, 2.05) is 25.1 Å². The van der Waals surface area contributed by atoms with Gasteiger partial charge in [0.05, 0.1) is 17.8 Å². The summed E-state index contributed by atoms with van der Waals surface area (Å²) < 4.78 is 0. The Morgan fingerprint density at radius 1 is 1.40 bits per heavy atom. The third-order valence-electron chi connectivity index (χ3n) is 3.34. The molecule has 1 fully saturated rings. The molecule has 0 amide bonds. The Bertz CT molecular complexity index is 420. The molecule has 1 aromatic heterocycles. The average molecular weight is 390 g/mol. The highest BCUT2D eigenvalue weighted by Gasteiger charge is 2.34. The molecule has 0 radical (unpaired) electrons. The smallest absolute Gasteiger partial charge is 0.191 e. The minimum Gasteiger partial charge on any atom is -0.388 e. The van der Waals surface area contributed by atoms with Crippen molar-refractivity contribution in [3.05, 3.63) is 30.1 Å². The molecular weight excluding hydrogens is 367 g/mol. The summed E-state index contributed by atoms with van der Waals surface area (Å²) in [5.74, 6) is 0.730. The first-order valence-electron chi connectivity index (χ1n) is 6.86. The lowest BCUT2D eigenvalue weighted by Crippen LogP contribution is -2.50. The van der Waals surface area contributed by atoms with E-state index in [-0.39, 0.29) is 24.0 Å². The van der Waals surface area contributed by atoms with Crippen molar-refractivity contribution in [3.63, 3.8) is 0 Å². The molecular formula is C14H23IN4O. The molecule has 0 atom stereocenters. The van der Waals surface area contributed by atoms with Crippen molar-refractivity contribution >= 4 is 29.9 Å². The highest BCUT2D eigenvalue weighted by atomic mass is 127. The zero-order valence-electron chi connectivity index (χ0n) is 11.8. The van der Waals surface area contributed by atoms with Gasteiger partial charge in [-0.05, 0) is 38.3 Å². The lowest BCUT2D eigenvalue weighted by molar-refractivity contribution is -0.0279. The molecule has 0 bridgehead atoms. The minimum atomic E-state index is -0.540. The van der Waals surface area contributed by atoms with Crippen LogP contribution in [0.5, 0.6) is 0 Å². The number of rotatable bonds is 5. The van der Waals surface area contributed by atoms with Gasteiger partial charge in [0.15, 0.2) is 5.96 Å². The fourth-order valence-corrected chi connectivity index (χ4v) is 2.00. The highest BCUT2D eigenvalue weighted by Crippen LogP contribution is 2.30. The number of nitrogens with zero attached hydrogens (tertiary/aromatic N) is 2. The number of halogens is 1. The first kappa shape index (κ1) is 17.2. The SMILES string of the molecule is CCNC(=NCc1ccccn1)NCC1(O)CCC1.I. The van der Waals surface area contributed by atoms with Gasteiger partial charge in [-0.2, -0.15) is 0 Å². The van der Waals surface area contributed by atoms with Crippen LogP contribution in [0.15, 0.2) is 29.4 Å². The van der Waals surface area contributed by atoms with Gasteiger partial charge in [-0.15, -0.1) is 24.0 Å². The Labute approximate surface area is 137 Å². The number of guanidine groups is 1. The van der Waals surface area contributed by atoms with Gasteiger partial charge in [0.1, 0.15) is 0 Å². The van der Waals surface area contributed by atoms with Gasteiger partial charge in [-0.1, -0.05) is 6.07 Å². The topological polar surface area (TPSA) is 69.5 Å². The molecule has 1 heterocycles. The molecule has 3 N–H and O–H groups in total. The monoisotopic (exact) mass is 390 g/mol. The Balaban J connectivity index is 0.00000200. The maximum absolute atomic E-state index is 10.1. The Morgan fingerprint density at radius 2 is 2.20 bits per heavy atom. The Morgan fingerprint density at radius 3 is 2.75 bits per heavy atom. The summed E-state index contributed by atoms with van der Waals surface area (Å²) in [7, 11) is 0. The second-order valence-electron chi connectivity index (χ2n) is 4.95. The number of aromatic nitrogens is 1. The summed E-state index contributed by atoms with van der Waals surface area (Å²) in [6.07, 6.45) is 4.63. The normalized spacial score (nSPS) is 16.8. The molecule has 1 saturated carbocycles. The number of nitrogens with one attached hydrogen (secondary N) is 2. The van der Waals surface area contributed by atoms with Gasteiger partial charge in [0.25, 0.3) is 0 Å². The summed E-state index contributed by atoms with van der Waals surface area (Å²) in [4.78, 5) is 8.70. The summed E-state index contributed by atoms with van der Waals surface area (Å²) in [6.45, 7) is 3.91. The van der Waals surface area contributed by atoms with E-state index >= 15 is 0 Å². The van der Waals surface area contributed by atoms with Crippen molar-refractivity contribution in [3.8, 4) is 0 Å². The van der Waals surface area contributed by atoms with Crippen LogP contribution in [0.1, 0.15) is 31.9 Å². The van der Waals surface area contributed by atoms with Crippen molar-refractivity contribution in [1.29, 1.82) is 0 Å². The molecule has 6 heteroatoms. The van der Waals surface area contributed by atoms with E-state index in [4.69, 9.17) is 0 Å². The van der Waals surface area contributed by atoms with Crippen LogP contribution in [0.2, 0.25) is 0 Å². The molecule has 0 aromatic carbocycles. The molecule has 0 saturated heterocycles. The molecule has 112 valence electrons. The van der Waals surface area contributed by atoms with Crippen LogP contribution in [0.25, 0.3) is 0 Å². The molecule has 0 unspecified atom stereocenters. The van der Waals surface area contributed by atoms with Crippen molar-refractivity contribution in [2.75, 3.05) is 13.1 Å². The number of hydrogen-bond acceptors (Lipinski definition) is 3. The summed E-state index contributed by atoms with van der Waals surface area (Å²) >= 11 is 0. The van der Waals surface area contributed by atoms with Gasteiger partial charge in [0, 0.05) is 19.3 Å². The van der Waals surface area contributed by atoms with Gasteiger partial charge >= 0.3 is 0 Å². The van der Waals surface area contributed by atoms with E-state index < -0.39 is 5.60 Å². The van der Waals surface area contributed by atoms with E-state index in [0.717, 1.165) is 37.5 Å². The van der Waals surface area contributed by atoms with Crippen molar-refractivity contribution in [2.45, 2.75) is 38.3 Å². The van der Waals surface area contributed by atoms with Crippen molar-refractivity contribution in [1.82, 2.24) is 15.6 Å². The highest BCUT2D eigenvalue weighted by molar-refractivity contribution is 14.0. The third-order valence-corrected chi connectivity index (χ3v) is 3.34. The first-order chi connectivity index (χ1) is 9.22. The van der Waals surface area contributed by atoms with Crippen LogP contribution in [-0.2, 0) is 6.54 Å². The fourth-order valence-electron chi connectivity index (χ4n) is 2.00. The lowest BCUT2D eigenvalue weighted by Gasteiger charge is -2.36. The Hall–Kier alpha value is -0.890. The van der Waals surface area contributed by atoms with Crippen LogP contribution in [0.4, 0.5) is 0 Å². The number of hydrogen-bond donors (Lipinski definition) is 3. The van der Waals surface area contributed by atoms with Crippen LogP contribution in [0, 0.1) is 0 Å². The fraction of sp³-hybridized carbons (Fsp3) is 0.571. The van der Waals surface area contributed by atoms with Gasteiger partial charge < -0.3 is 15.7 Å². The van der Waals surface area contributed by atoms with Gasteiger partial charge in [-0.3, -0.25) is 4.98 Å². The van der Waals surface area contributed by atoms with E-state index in [0.29, 0.717) is 13.1 Å². The predicted octanol–water partition coefficient (Wildman–Crippen LogP) is 1.67. The second kappa shape index (κ2) is 8.41. The quantitative estimate of drug-likeness (QED) is 0.407. The standard InChI is InChI=1S/C14H22N4O.HI/c1-2-15-13(18-11-14(19)7-5-8-14)17-10-12-6-3-4-9-16-12;/h3-4,6,9,19H,2,5,7-8,10-11H2,1H3,(H2,15,17,18);1H. The minimum absolute atomic E-state index is 0. The van der Waals surface area contributed by atoms with E-state index in [1.165, 1.54) is 0 Å². The van der Waals surface area contributed by atoms with Crippen LogP contribution in [-0.4, -0.2) is 34.7 Å². The Kier molecular flexibility index (Phi) is 7.22. The third kappa shape index (κ3) is 5.24. The maximum atomic E-state index is 10.1. The predicted molar refractivity (Wildman–Crippen MR) is 91.3 cm³/mol. The van der Waals surface area contributed by atoms with E-state index in [2.05, 4.69) is 20.6 Å². The largest absolute Gasteiger partial charge is 0.388 e. The molecule has 0 aliphatic heterocycles. The first-order valence-corrected chi connectivity index (χ1v) is 6.86. The number of aliphatic hydroxyl groups is 1.